The monoisotopic (exact) mass is 316 g/mol. The van der Waals surface area contributed by atoms with Gasteiger partial charge in [0.2, 0.25) is 11.8 Å². The fraction of sp³-hybridized carbons (Fsp3) is 0.308. The van der Waals surface area contributed by atoms with Crippen LogP contribution in [-0.2, 0) is 16.1 Å². The molecule has 0 bridgehead atoms. The van der Waals surface area contributed by atoms with Crippen LogP contribution in [0.25, 0.3) is 0 Å². The minimum atomic E-state index is -2.07. The molecule has 1 atom stereocenters. The number of fused-ring (bicyclic) bond motifs is 1. The van der Waals surface area contributed by atoms with E-state index in [4.69, 9.17) is 0 Å². The zero-order chi connectivity index (χ0) is 16.2. The van der Waals surface area contributed by atoms with Gasteiger partial charge in [0.1, 0.15) is 6.04 Å². The maximum atomic E-state index is 13.7. The first kappa shape index (κ1) is 14.5. The molecule has 1 fully saturated rings. The summed E-state index contributed by atoms with van der Waals surface area (Å²) in [6, 6.07) is -1.12. The molecular weight excluding hydrogens is 308 g/mol. The van der Waals surface area contributed by atoms with Crippen molar-refractivity contribution in [3.63, 3.8) is 0 Å². The van der Waals surface area contributed by atoms with Crippen LogP contribution < -0.4 is 5.32 Å². The van der Waals surface area contributed by atoms with Crippen molar-refractivity contribution < 1.29 is 31.9 Å². The highest BCUT2D eigenvalue weighted by Crippen LogP contribution is 2.33. The number of hydrogen-bond donors (Lipinski definition) is 1. The number of hydrogen-bond acceptors (Lipinski definition) is 3. The van der Waals surface area contributed by atoms with Crippen LogP contribution in [0.4, 0.5) is 17.6 Å². The van der Waals surface area contributed by atoms with Crippen LogP contribution in [0.2, 0.25) is 0 Å². The Balaban J connectivity index is 2.02. The number of carbonyl (C=O) groups excluding carboxylic acids is 3. The summed E-state index contributed by atoms with van der Waals surface area (Å²) < 4.78 is 53.9. The summed E-state index contributed by atoms with van der Waals surface area (Å²) >= 11 is 0. The Morgan fingerprint density at radius 2 is 1.59 bits per heavy atom. The Bertz CT molecular complexity index is 735. The lowest BCUT2D eigenvalue weighted by Gasteiger charge is -2.29. The smallest absolute Gasteiger partial charge is 0.258 e. The molecule has 2 aliphatic heterocycles. The van der Waals surface area contributed by atoms with Gasteiger partial charge in [-0.3, -0.25) is 19.7 Å². The van der Waals surface area contributed by atoms with Gasteiger partial charge in [-0.1, -0.05) is 0 Å². The van der Waals surface area contributed by atoms with Crippen LogP contribution in [-0.4, -0.2) is 28.7 Å². The molecule has 1 aromatic carbocycles. The van der Waals surface area contributed by atoms with Gasteiger partial charge >= 0.3 is 0 Å². The number of benzene rings is 1. The second-order valence-corrected chi connectivity index (χ2v) is 5.01. The summed E-state index contributed by atoms with van der Waals surface area (Å²) in [7, 11) is 0. The predicted octanol–water partition coefficient (Wildman–Crippen LogP) is 1.00. The molecule has 1 unspecified atom stereocenters. The first-order valence-electron chi connectivity index (χ1n) is 6.32. The molecule has 22 heavy (non-hydrogen) atoms. The third-order valence-corrected chi connectivity index (χ3v) is 3.75. The Hall–Kier alpha value is -2.45. The van der Waals surface area contributed by atoms with Crippen LogP contribution in [0.5, 0.6) is 0 Å². The topological polar surface area (TPSA) is 66.5 Å². The van der Waals surface area contributed by atoms with Gasteiger partial charge in [0, 0.05) is 12.0 Å². The van der Waals surface area contributed by atoms with E-state index in [9.17, 15) is 31.9 Å². The van der Waals surface area contributed by atoms with Gasteiger partial charge in [0.25, 0.3) is 5.91 Å². The molecule has 116 valence electrons. The van der Waals surface area contributed by atoms with Gasteiger partial charge < -0.3 is 4.90 Å². The van der Waals surface area contributed by atoms with E-state index in [-0.39, 0.29) is 12.8 Å². The van der Waals surface area contributed by atoms with Crippen LogP contribution >= 0.6 is 0 Å². The van der Waals surface area contributed by atoms with Gasteiger partial charge in [-0.15, -0.1) is 0 Å². The third kappa shape index (κ3) is 1.88. The highest BCUT2D eigenvalue weighted by molar-refractivity contribution is 6.05. The molecule has 9 heteroatoms. The zero-order valence-electron chi connectivity index (χ0n) is 10.9. The molecule has 0 aliphatic carbocycles. The first-order chi connectivity index (χ1) is 10.3. The summed E-state index contributed by atoms with van der Waals surface area (Å²) in [6.45, 7) is -0.569. The molecule has 0 spiro atoms. The molecule has 5 nitrogen and oxygen atoms in total. The standard InChI is InChI=1S/C13H8F4N2O3/c14-8-4-3-19(5-1-2-6(20)18-12(5)21)13(22)7(4)9(15)11(17)10(8)16/h5H,1-3H2,(H,18,20,21). The molecule has 3 rings (SSSR count). The lowest BCUT2D eigenvalue weighted by molar-refractivity contribution is -0.136. The van der Waals surface area contributed by atoms with E-state index in [2.05, 4.69) is 0 Å². The quantitative estimate of drug-likeness (QED) is 0.364. The number of imide groups is 1. The number of nitrogens with one attached hydrogen (secondary N) is 1. The van der Waals surface area contributed by atoms with Crippen molar-refractivity contribution in [2.24, 2.45) is 0 Å². The van der Waals surface area contributed by atoms with E-state index in [1.807, 2.05) is 5.32 Å². The van der Waals surface area contributed by atoms with Gasteiger partial charge in [0.05, 0.1) is 12.1 Å². The molecule has 2 aliphatic rings. The number of nitrogens with zero attached hydrogens (tertiary/aromatic N) is 1. The van der Waals surface area contributed by atoms with E-state index in [0.717, 1.165) is 4.90 Å². The van der Waals surface area contributed by atoms with Gasteiger partial charge in [-0.2, -0.15) is 0 Å². The maximum absolute atomic E-state index is 13.7. The maximum Gasteiger partial charge on any atom is 0.258 e. The average Bonchev–Trinajstić information content (AvgIpc) is 2.81. The summed E-state index contributed by atoms with van der Waals surface area (Å²) in [6.07, 6.45) is -0.0805. The van der Waals surface area contributed by atoms with Crippen molar-refractivity contribution in [2.45, 2.75) is 25.4 Å². The number of amides is 3. The second kappa shape index (κ2) is 4.79. The number of piperidine rings is 1. The van der Waals surface area contributed by atoms with Gasteiger partial charge in [-0.25, -0.2) is 17.6 Å². The van der Waals surface area contributed by atoms with Crippen molar-refractivity contribution in [2.75, 3.05) is 0 Å². The van der Waals surface area contributed by atoms with Gasteiger partial charge in [-0.05, 0) is 6.42 Å². The number of halogens is 4. The lowest BCUT2D eigenvalue weighted by atomic mass is 10.0. The van der Waals surface area contributed by atoms with Crippen molar-refractivity contribution in [1.82, 2.24) is 10.2 Å². The minimum absolute atomic E-state index is 0.0292. The molecule has 0 saturated carbocycles. The van der Waals surface area contributed by atoms with Crippen molar-refractivity contribution >= 4 is 17.7 Å². The second-order valence-electron chi connectivity index (χ2n) is 5.01. The Morgan fingerprint density at radius 1 is 0.955 bits per heavy atom. The SMILES string of the molecule is O=C1CCC(N2Cc3c(F)c(F)c(F)c(F)c3C2=O)C(=O)N1. The summed E-state index contributed by atoms with van der Waals surface area (Å²) in [5.41, 5.74) is -1.55. The average molecular weight is 316 g/mol. The first-order valence-corrected chi connectivity index (χ1v) is 6.32. The van der Waals surface area contributed by atoms with Gasteiger partial charge in [0.15, 0.2) is 23.3 Å². The van der Waals surface area contributed by atoms with E-state index in [0.29, 0.717) is 0 Å². The van der Waals surface area contributed by atoms with Crippen LogP contribution in [0.1, 0.15) is 28.8 Å². The summed E-state index contributed by atoms with van der Waals surface area (Å²) in [5.74, 6) is -9.95. The highest BCUT2D eigenvalue weighted by Gasteiger charge is 2.43. The van der Waals surface area contributed by atoms with Crippen molar-refractivity contribution in [1.29, 1.82) is 0 Å². The minimum Gasteiger partial charge on any atom is -0.322 e. The highest BCUT2D eigenvalue weighted by atomic mass is 19.2. The number of carbonyl (C=O) groups is 3. The normalized spacial score (nSPS) is 21.2. The Morgan fingerprint density at radius 3 is 2.23 bits per heavy atom. The largest absolute Gasteiger partial charge is 0.322 e. The summed E-state index contributed by atoms with van der Waals surface area (Å²) in [4.78, 5) is 35.7. The van der Waals surface area contributed by atoms with E-state index < -0.39 is 64.7 Å². The molecule has 1 saturated heterocycles. The van der Waals surface area contributed by atoms with Crippen LogP contribution in [0.3, 0.4) is 0 Å². The fourth-order valence-electron chi connectivity index (χ4n) is 2.67. The third-order valence-electron chi connectivity index (χ3n) is 3.75. The molecule has 1 aromatic rings. The van der Waals surface area contributed by atoms with Crippen molar-refractivity contribution in [3.8, 4) is 0 Å². The van der Waals surface area contributed by atoms with E-state index in [1.165, 1.54) is 0 Å². The zero-order valence-corrected chi connectivity index (χ0v) is 10.9. The molecule has 3 amide bonds. The van der Waals surface area contributed by atoms with Crippen molar-refractivity contribution in [3.05, 3.63) is 34.4 Å². The fourth-order valence-corrected chi connectivity index (χ4v) is 2.67. The lowest BCUT2D eigenvalue weighted by Crippen LogP contribution is -2.52. The molecular formula is C13H8F4N2O3. The Kier molecular flexibility index (Phi) is 3.15. The van der Waals surface area contributed by atoms with E-state index in [1.54, 1.807) is 0 Å². The number of rotatable bonds is 1. The molecule has 1 N–H and O–H groups in total. The Labute approximate surface area is 120 Å². The molecule has 0 aromatic heterocycles. The summed E-state index contributed by atoms with van der Waals surface area (Å²) in [5, 5.41) is 2.00. The van der Waals surface area contributed by atoms with Crippen LogP contribution in [0, 0.1) is 23.3 Å². The van der Waals surface area contributed by atoms with Crippen LogP contribution in [0.15, 0.2) is 0 Å². The predicted molar refractivity (Wildman–Crippen MR) is 62.3 cm³/mol. The molecule has 0 radical (unpaired) electrons. The molecule has 2 heterocycles. The van der Waals surface area contributed by atoms with E-state index >= 15 is 0 Å².